The van der Waals surface area contributed by atoms with Crippen molar-refractivity contribution in [3.05, 3.63) is 47.8 Å². The first kappa shape index (κ1) is 18.9. The number of aromatic nitrogens is 2. The minimum atomic E-state index is -0.486. The summed E-state index contributed by atoms with van der Waals surface area (Å²) in [5.74, 6) is 0.0662. The van der Waals surface area contributed by atoms with Crippen LogP contribution >= 0.6 is 0 Å². The van der Waals surface area contributed by atoms with Gasteiger partial charge in [-0.3, -0.25) is 14.3 Å². The largest absolute Gasteiger partial charge is 0.486 e. The van der Waals surface area contributed by atoms with Gasteiger partial charge in [-0.25, -0.2) is 0 Å². The molecule has 0 unspecified atom stereocenters. The van der Waals surface area contributed by atoms with Crippen LogP contribution in [0.3, 0.4) is 0 Å². The highest BCUT2D eigenvalue weighted by Gasteiger charge is 2.29. The number of hydrogen-bond donors (Lipinski definition) is 2. The summed E-state index contributed by atoms with van der Waals surface area (Å²) in [6.45, 7) is 3.45. The van der Waals surface area contributed by atoms with E-state index in [1.807, 2.05) is 13.0 Å². The van der Waals surface area contributed by atoms with Crippen LogP contribution in [0, 0.1) is 6.92 Å². The lowest BCUT2D eigenvalue weighted by Crippen LogP contribution is -2.51. The number of rotatable bonds is 7. The van der Waals surface area contributed by atoms with Gasteiger partial charge >= 0.3 is 0 Å². The van der Waals surface area contributed by atoms with Gasteiger partial charge in [-0.2, -0.15) is 5.10 Å². The van der Waals surface area contributed by atoms with Gasteiger partial charge in [0, 0.05) is 37.0 Å². The zero-order chi connectivity index (χ0) is 19.2. The summed E-state index contributed by atoms with van der Waals surface area (Å²) in [7, 11) is 0. The van der Waals surface area contributed by atoms with Gasteiger partial charge in [0.05, 0.1) is 12.6 Å². The van der Waals surface area contributed by atoms with Crippen LogP contribution in [-0.4, -0.2) is 47.0 Å². The summed E-state index contributed by atoms with van der Waals surface area (Å²) in [6, 6.07) is 8.37. The van der Waals surface area contributed by atoms with Crippen LogP contribution in [-0.2, 0) is 16.1 Å². The van der Waals surface area contributed by atoms with Gasteiger partial charge in [0.15, 0.2) is 0 Å². The Hall–Kier alpha value is -2.87. The Morgan fingerprint density at radius 1 is 1.33 bits per heavy atom. The van der Waals surface area contributed by atoms with E-state index >= 15 is 0 Å². The van der Waals surface area contributed by atoms with Crippen molar-refractivity contribution in [3.63, 3.8) is 0 Å². The molecule has 3 rings (SSSR count). The molecule has 0 bridgehead atoms. The SMILES string of the molecule is Cc1ccnn1CCC(=O)N[C@@H]1CCOC[C@H]1Oc1ccc(C(N)=O)cc1. The highest BCUT2D eigenvalue weighted by Crippen LogP contribution is 2.18. The molecule has 2 aromatic rings. The Kier molecular flexibility index (Phi) is 6.08. The Morgan fingerprint density at radius 2 is 2.11 bits per heavy atom. The Balaban J connectivity index is 1.55. The number of nitrogens with one attached hydrogen (secondary N) is 1. The molecule has 1 aliphatic heterocycles. The predicted octanol–water partition coefficient (Wildman–Crippen LogP) is 1.03. The molecule has 2 amide bonds. The van der Waals surface area contributed by atoms with Gasteiger partial charge < -0.3 is 20.5 Å². The fraction of sp³-hybridized carbons (Fsp3) is 0.421. The molecule has 8 nitrogen and oxygen atoms in total. The lowest BCUT2D eigenvalue weighted by Gasteiger charge is -2.32. The van der Waals surface area contributed by atoms with Gasteiger partial charge in [-0.15, -0.1) is 0 Å². The van der Waals surface area contributed by atoms with Gasteiger partial charge in [0.2, 0.25) is 11.8 Å². The van der Waals surface area contributed by atoms with Gasteiger partial charge in [-0.1, -0.05) is 0 Å². The summed E-state index contributed by atoms with van der Waals surface area (Å²) in [4.78, 5) is 23.5. The molecule has 0 radical (unpaired) electrons. The number of amides is 2. The monoisotopic (exact) mass is 372 g/mol. The first-order valence-electron chi connectivity index (χ1n) is 8.95. The normalized spacial score (nSPS) is 19.4. The number of primary amides is 1. The van der Waals surface area contributed by atoms with Crippen LogP contribution in [0.2, 0.25) is 0 Å². The highest BCUT2D eigenvalue weighted by molar-refractivity contribution is 5.92. The van der Waals surface area contributed by atoms with Crippen molar-refractivity contribution in [2.45, 2.75) is 38.5 Å². The second-order valence-electron chi connectivity index (χ2n) is 6.53. The molecular weight excluding hydrogens is 348 g/mol. The third kappa shape index (κ3) is 5.07. The number of hydrogen-bond acceptors (Lipinski definition) is 5. The van der Waals surface area contributed by atoms with Crippen molar-refractivity contribution in [2.24, 2.45) is 5.73 Å². The number of aryl methyl sites for hydroxylation is 2. The molecule has 144 valence electrons. The molecule has 0 saturated carbocycles. The average molecular weight is 372 g/mol. The van der Waals surface area contributed by atoms with Crippen molar-refractivity contribution in [1.29, 1.82) is 0 Å². The van der Waals surface area contributed by atoms with Crippen molar-refractivity contribution in [3.8, 4) is 5.75 Å². The third-order valence-corrected chi connectivity index (χ3v) is 4.56. The first-order chi connectivity index (χ1) is 13.0. The fourth-order valence-electron chi connectivity index (χ4n) is 2.98. The number of benzene rings is 1. The van der Waals surface area contributed by atoms with E-state index in [0.29, 0.717) is 43.9 Å². The minimum absolute atomic E-state index is 0.0468. The number of ether oxygens (including phenoxy) is 2. The molecule has 2 heterocycles. The Bertz CT molecular complexity index is 787. The quantitative estimate of drug-likeness (QED) is 0.755. The van der Waals surface area contributed by atoms with Crippen molar-refractivity contribution < 1.29 is 19.1 Å². The molecule has 1 fully saturated rings. The molecule has 3 N–H and O–H groups in total. The maximum atomic E-state index is 12.3. The number of carbonyl (C=O) groups excluding carboxylic acids is 2. The van der Waals surface area contributed by atoms with Gasteiger partial charge in [0.25, 0.3) is 0 Å². The maximum Gasteiger partial charge on any atom is 0.248 e. The molecule has 27 heavy (non-hydrogen) atoms. The number of carbonyl (C=O) groups is 2. The van der Waals surface area contributed by atoms with E-state index in [0.717, 1.165) is 5.69 Å². The van der Waals surface area contributed by atoms with E-state index in [9.17, 15) is 9.59 Å². The second-order valence-corrected chi connectivity index (χ2v) is 6.53. The molecule has 0 spiro atoms. The van der Waals surface area contributed by atoms with E-state index in [2.05, 4.69) is 10.4 Å². The molecule has 1 aromatic carbocycles. The summed E-state index contributed by atoms with van der Waals surface area (Å²) in [5.41, 5.74) is 6.68. The molecule has 1 aromatic heterocycles. The average Bonchev–Trinajstić information content (AvgIpc) is 3.07. The number of nitrogens with two attached hydrogens (primary N) is 1. The summed E-state index contributed by atoms with van der Waals surface area (Å²) in [5, 5.41) is 7.23. The molecule has 1 aliphatic rings. The van der Waals surface area contributed by atoms with Crippen LogP contribution in [0.1, 0.15) is 28.9 Å². The third-order valence-electron chi connectivity index (χ3n) is 4.56. The van der Waals surface area contributed by atoms with Crippen molar-refractivity contribution >= 4 is 11.8 Å². The number of nitrogens with zero attached hydrogens (tertiary/aromatic N) is 2. The van der Waals surface area contributed by atoms with E-state index in [-0.39, 0.29) is 18.1 Å². The van der Waals surface area contributed by atoms with Crippen LogP contribution in [0.15, 0.2) is 36.5 Å². The summed E-state index contributed by atoms with van der Waals surface area (Å²) < 4.78 is 13.3. The van der Waals surface area contributed by atoms with E-state index in [1.165, 1.54) is 0 Å². The predicted molar refractivity (Wildman–Crippen MR) is 98.3 cm³/mol. The van der Waals surface area contributed by atoms with Crippen LogP contribution < -0.4 is 15.8 Å². The lowest BCUT2D eigenvalue weighted by atomic mass is 10.1. The Morgan fingerprint density at radius 3 is 2.78 bits per heavy atom. The standard InChI is InChI=1S/C19H24N4O4/c1-13-6-9-21-23(13)10-7-18(24)22-16-8-11-26-12-17(16)27-15-4-2-14(3-5-15)19(20)25/h2-6,9,16-17H,7-8,10-12H2,1H3,(H2,20,25)(H,22,24)/t16-,17-/m1/s1. The zero-order valence-corrected chi connectivity index (χ0v) is 15.3. The smallest absolute Gasteiger partial charge is 0.248 e. The van der Waals surface area contributed by atoms with Crippen LogP contribution in [0.4, 0.5) is 0 Å². The van der Waals surface area contributed by atoms with E-state index < -0.39 is 5.91 Å². The van der Waals surface area contributed by atoms with Crippen LogP contribution in [0.5, 0.6) is 5.75 Å². The topological polar surface area (TPSA) is 108 Å². The summed E-state index contributed by atoms with van der Waals surface area (Å²) >= 11 is 0. The molecular formula is C19H24N4O4. The lowest BCUT2D eigenvalue weighted by molar-refractivity contribution is -0.124. The molecule has 2 atom stereocenters. The first-order valence-corrected chi connectivity index (χ1v) is 8.95. The van der Waals surface area contributed by atoms with Crippen LogP contribution in [0.25, 0.3) is 0 Å². The maximum absolute atomic E-state index is 12.3. The molecule has 0 aliphatic carbocycles. The zero-order valence-electron chi connectivity index (χ0n) is 15.3. The van der Waals surface area contributed by atoms with E-state index in [4.69, 9.17) is 15.2 Å². The molecule has 1 saturated heterocycles. The summed E-state index contributed by atoms with van der Waals surface area (Å²) in [6.07, 6.45) is 2.45. The Labute approximate surface area is 157 Å². The van der Waals surface area contributed by atoms with Crippen molar-refractivity contribution in [1.82, 2.24) is 15.1 Å². The fourth-order valence-corrected chi connectivity index (χ4v) is 2.98. The minimum Gasteiger partial charge on any atom is -0.486 e. The van der Waals surface area contributed by atoms with Gasteiger partial charge in [-0.05, 0) is 43.7 Å². The second kappa shape index (κ2) is 8.68. The highest BCUT2D eigenvalue weighted by atomic mass is 16.5. The van der Waals surface area contributed by atoms with E-state index in [1.54, 1.807) is 35.1 Å². The molecule has 8 heteroatoms. The van der Waals surface area contributed by atoms with Crippen molar-refractivity contribution in [2.75, 3.05) is 13.2 Å². The van der Waals surface area contributed by atoms with Gasteiger partial charge in [0.1, 0.15) is 11.9 Å².